The lowest BCUT2D eigenvalue weighted by atomic mass is 10.1. The first-order valence-corrected chi connectivity index (χ1v) is 6.15. The minimum Gasteiger partial charge on any atom is -0.454 e. The molecule has 0 atom stereocenters. The Morgan fingerprint density at radius 2 is 2.11 bits per heavy atom. The molecule has 0 fully saturated rings. The van der Waals surface area contributed by atoms with Crippen molar-refractivity contribution in [3.63, 3.8) is 0 Å². The highest BCUT2D eigenvalue weighted by molar-refractivity contribution is 7.71. The number of fused-ring (bicyclic) bond motifs is 1. The maximum Gasteiger partial charge on any atom is 0.284 e. The molecule has 6 heteroatoms. The number of hydrogen-bond acceptors (Lipinski definition) is 5. The zero-order valence-electron chi connectivity index (χ0n) is 9.64. The van der Waals surface area contributed by atoms with E-state index >= 15 is 0 Å². The lowest BCUT2D eigenvalue weighted by Gasteiger charge is -2.01. The third-order valence-electron chi connectivity index (χ3n) is 2.78. The van der Waals surface area contributed by atoms with Crippen LogP contribution >= 0.6 is 12.2 Å². The van der Waals surface area contributed by atoms with Crippen molar-refractivity contribution >= 4 is 12.2 Å². The van der Waals surface area contributed by atoms with Crippen molar-refractivity contribution in [3.05, 3.63) is 34.5 Å². The number of aromatic amines is 1. The van der Waals surface area contributed by atoms with Crippen molar-refractivity contribution in [2.75, 3.05) is 6.79 Å². The molecule has 1 aromatic heterocycles. The highest BCUT2D eigenvalue weighted by Gasteiger charge is 2.13. The van der Waals surface area contributed by atoms with Crippen molar-refractivity contribution < 1.29 is 13.9 Å². The van der Waals surface area contributed by atoms with Gasteiger partial charge in [-0.3, -0.25) is 0 Å². The number of nitrogens with zero attached hydrogens (tertiary/aromatic N) is 1. The second-order valence-corrected chi connectivity index (χ2v) is 4.42. The predicted octanol–water partition coefficient (Wildman–Crippen LogP) is 2.64. The molecule has 0 saturated carbocycles. The summed E-state index contributed by atoms with van der Waals surface area (Å²) in [7, 11) is 0. The van der Waals surface area contributed by atoms with Crippen molar-refractivity contribution in [2.45, 2.75) is 19.3 Å². The van der Waals surface area contributed by atoms with E-state index in [1.807, 2.05) is 18.2 Å². The number of benzene rings is 1. The number of H-pyrrole nitrogens is 1. The first-order valence-electron chi connectivity index (χ1n) is 5.74. The Kier molecular flexibility index (Phi) is 3.02. The van der Waals surface area contributed by atoms with Crippen LogP contribution in [0.1, 0.15) is 17.9 Å². The number of hydrogen-bond donors (Lipinski definition) is 1. The zero-order chi connectivity index (χ0) is 12.4. The van der Waals surface area contributed by atoms with E-state index in [2.05, 4.69) is 10.2 Å². The molecule has 94 valence electrons. The summed E-state index contributed by atoms with van der Waals surface area (Å²) in [4.78, 5) is 0.327. The maximum absolute atomic E-state index is 5.34. The average Bonchev–Trinajstić information content (AvgIpc) is 2.97. The van der Waals surface area contributed by atoms with Gasteiger partial charge in [0.2, 0.25) is 12.7 Å². The van der Waals surface area contributed by atoms with Crippen LogP contribution in [-0.2, 0) is 12.8 Å². The van der Waals surface area contributed by atoms with E-state index in [1.54, 1.807) is 0 Å². The summed E-state index contributed by atoms with van der Waals surface area (Å²) >= 11 is 4.82. The Balaban J connectivity index is 1.58. The van der Waals surface area contributed by atoms with Gasteiger partial charge in [-0.1, -0.05) is 6.07 Å². The molecular formula is C12H12N2O3S. The van der Waals surface area contributed by atoms with E-state index in [9.17, 15) is 0 Å². The normalized spacial score (nSPS) is 12.9. The SMILES string of the molecule is S=c1[nH]nc(CCCc2ccc3c(c2)OCO3)o1. The van der Waals surface area contributed by atoms with Gasteiger partial charge in [-0.05, 0) is 42.8 Å². The summed E-state index contributed by atoms with van der Waals surface area (Å²) in [5.74, 6) is 2.29. The highest BCUT2D eigenvalue weighted by Crippen LogP contribution is 2.32. The number of ether oxygens (including phenoxy) is 2. The molecule has 1 aliphatic heterocycles. The van der Waals surface area contributed by atoms with Crippen LogP contribution in [0.3, 0.4) is 0 Å². The Labute approximate surface area is 109 Å². The molecule has 1 aliphatic rings. The molecule has 0 amide bonds. The summed E-state index contributed by atoms with van der Waals surface area (Å²) in [5, 5.41) is 6.58. The lowest BCUT2D eigenvalue weighted by Crippen LogP contribution is -1.93. The van der Waals surface area contributed by atoms with Crippen molar-refractivity contribution in [3.8, 4) is 11.5 Å². The van der Waals surface area contributed by atoms with Crippen molar-refractivity contribution in [1.82, 2.24) is 10.2 Å². The summed E-state index contributed by atoms with van der Waals surface area (Å²) in [5.41, 5.74) is 1.22. The van der Waals surface area contributed by atoms with E-state index in [1.165, 1.54) is 5.56 Å². The molecule has 0 unspecified atom stereocenters. The summed E-state index contributed by atoms with van der Waals surface area (Å²) < 4.78 is 15.8. The van der Waals surface area contributed by atoms with Gasteiger partial charge in [0.15, 0.2) is 11.5 Å². The molecule has 2 aromatic rings. The standard InChI is InChI=1S/C12H12N2O3S/c18-12-14-13-11(17-12)3-1-2-8-4-5-9-10(6-8)16-7-15-9/h4-6H,1-3,7H2,(H,14,18). The van der Waals surface area contributed by atoms with Crippen LogP contribution in [-0.4, -0.2) is 17.0 Å². The van der Waals surface area contributed by atoms with Crippen LogP contribution in [0.5, 0.6) is 11.5 Å². The van der Waals surface area contributed by atoms with Crippen LogP contribution in [0.4, 0.5) is 0 Å². The summed E-state index contributed by atoms with van der Waals surface area (Å²) in [6, 6.07) is 6.01. The molecule has 0 saturated heterocycles. The highest BCUT2D eigenvalue weighted by atomic mass is 32.1. The van der Waals surface area contributed by atoms with E-state index in [4.69, 9.17) is 26.1 Å². The number of aromatic nitrogens is 2. The topological polar surface area (TPSA) is 60.3 Å². The molecule has 1 N–H and O–H groups in total. The molecule has 0 aliphatic carbocycles. The van der Waals surface area contributed by atoms with Crippen molar-refractivity contribution in [2.24, 2.45) is 0 Å². The first-order chi connectivity index (χ1) is 8.81. The molecule has 0 spiro atoms. The van der Waals surface area contributed by atoms with Crippen LogP contribution in [0.25, 0.3) is 0 Å². The molecular weight excluding hydrogens is 252 g/mol. The summed E-state index contributed by atoms with van der Waals surface area (Å²) in [6.45, 7) is 0.312. The molecule has 5 nitrogen and oxygen atoms in total. The van der Waals surface area contributed by atoms with Crippen LogP contribution in [0, 0.1) is 4.84 Å². The third kappa shape index (κ3) is 2.38. The van der Waals surface area contributed by atoms with Gasteiger partial charge in [-0.2, -0.15) is 0 Å². The fourth-order valence-electron chi connectivity index (χ4n) is 1.91. The quantitative estimate of drug-likeness (QED) is 0.860. The Morgan fingerprint density at radius 1 is 1.22 bits per heavy atom. The predicted molar refractivity (Wildman–Crippen MR) is 66.3 cm³/mol. The lowest BCUT2D eigenvalue weighted by molar-refractivity contribution is 0.174. The fraction of sp³-hybridized carbons (Fsp3) is 0.333. The van der Waals surface area contributed by atoms with Gasteiger partial charge in [-0.25, -0.2) is 5.10 Å². The van der Waals surface area contributed by atoms with Crippen LogP contribution in [0.15, 0.2) is 22.6 Å². The summed E-state index contributed by atoms with van der Waals surface area (Å²) in [6.07, 6.45) is 2.65. The molecule has 0 radical (unpaired) electrons. The smallest absolute Gasteiger partial charge is 0.284 e. The van der Waals surface area contributed by atoms with E-state index in [-0.39, 0.29) is 0 Å². The molecule has 0 bridgehead atoms. The first kappa shape index (κ1) is 11.3. The van der Waals surface area contributed by atoms with Gasteiger partial charge < -0.3 is 13.9 Å². The van der Waals surface area contributed by atoms with Gasteiger partial charge in [0.05, 0.1) is 0 Å². The fourth-order valence-corrected chi connectivity index (χ4v) is 2.05. The zero-order valence-corrected chi connectivity index (χ0v) is 10.5. The number of rotatable bonds is 4. The second kappa shape index (κ2) is 4.81. The molecule has 18 heavy (non-hydrogen) atoms. The van der Waals surface area contributed by atoms with E-state index in [0.717, 1.165) is 30.8 Å². The minimum atomic E-state index is 0.312. The average molecular weight is 264 g/mol. The van der Waals surface area contributed by atoms with Gasteiger partial charge >= 0.3 is 0 Å². The van der Waals surface area contributed by atoms with Crippen LogP contribution < -0.4 is 9.47 Å². The molecule has 2 heterocycles. The van der Waals surface area contributed by atoms with Gasteiger partial charge in [0.25, 0.3) is 4.84 Å². The second-order valence-electron chi connectivity index (χ2n) is 4.05. The monoisotopic (exact) mass is 264 g/mol. The Morgan fingerprint density at radius 3 is 2.94 bits per heavy atom. The number of nitrogens with one attached hydrogen (secondary N) is 1. The minimum absolute atomic E-state index is 0.312. The third-order valence-corrected chi connectivity index (χ3v) is 2.95. The Bertz CT molecular complexity index is 605. The van der Waals surface area contributed by atoms with Gasteiger partial charge in [0.1, 0.15) is 0 Å². The van der Waals surface area contributed by atoms with E-state index in [0.29, 0.717) is 17.5 Å². The molecule has 3 rings (SSSR count). The maximum atomic E-state index is 5.34. The largest absolute Gasteiger partial charge is 0.454 e. The van der Waals surface area contributed by atoms with Gasteiger partial charge in [-0.15, -0.1) is 5.10 Å². The molecule has 1 aromatic carbocycles. The van der Waals surface area contributed by atoms with Gasteiger partial charge in [0, 0.05) is 6.42 Å². The van der Waals surface area contributed by atoms with Crippen LogP contribution in [0.2, 0.25) is 0 Å². The van der Waals surface area contributed by atoms with E-state index < -0.39 is 0 Å². The Hall–Kier alpha value is -1.82. The number of aryl methyl sites for hydroxylation is 2. The van der Waals surface area contributed by atoms with Crippen molar-refractivity contribution in [1.29, 1.82) is 0 Å².